The van der Waals surface area contributed by atoms with Gasteiger partial charge in [0, 0.05) is 12.2 Å². The van der Waals surface area contributed by atoms with Crippen LogP contribution in [0.25, 0.3) is 0 Å². The molecule has 3 rings (SSSR count). The number of benzene rings is 2. The van der Waals surface area contributed by atoms with Crippen LogP contribution in [0, 0.1) is 0 Å². The Bertz CT molecular complexity index is 761. The molecule has 0 aliphatic carbocycles. The van der Waals surface area contributed by atoms with Crippen molar-refractivity contribution in [2.24, 2.45) is 0 Å². The summed E-state index contributed by atoms with van der Waals surface area (Å²) in [7, 11) is 4.84. The number of nitrogens with zero attached hydrogens (tertiary/aromatic N) is 1. The van der Waals surface area contributed by atoms with Crippen LogP contribution in [0.5, 0.6) is 17.2 Å². The molecule has 1 aliphatic heterocycles. The van der Waals surface area contributed by atoms with Gasteiger partial charge in [-0.1, -0.05) is 6.07 Å². The van der Waals surface area contributed by atoms with Crippen molar-refractivity contribution in [1.29, 1.82) is 0 Å². The van der Waals surface area contributed by atoms with Gasteiger partial charge in [0.15, 0.2) is 11.5 Å². The number of urea groups is 1. The highest BCUT2D eigenvalue weighted by Crippen LogP contribution is 2.37. The molecular formula is C20H24N2O4. The SMILES string of the molecule is COc1ccc(NC(=O)N2CCCC2c2ccc(OC)c(OC)c2)cc1. The smallest absolute Gasteiger partial charge is 0.322 e. The maximum atomic E-state index is 12.8. The second-order valence-electron chi connectivity index (χ2n) is 6.12. The largest absolute Gasteiger partial charge is 0.497 e. The third-order valence-corrected chi connectivity index (χ3v) is 4.65. The van der Waals surface area contributed by atoms with E-state index in [0.29, 0.717) is 11.5 Å². The Morgan fingerprint density at radius 3 is 2.38 bits per heavy atom. The molecule has 6 nitrogen and oxygen atoms in total. The number of methoxy groups -OCH3 is 3. The van der Waals surface area contributed by atoms with Gasteiger partial charge < -0.3 is 24.4 Å². The van der Waals surface area contributed by atoms with Crippen molar-refractivity contribution in [2.75, 3.05) is 33.2 Å². The first-order chi connectivity index (χ1) is 12.7. The average molecular weight is 356 g/mol. The molecule has 2 aromatic carbocycles. The zero-order valence-electron chi connectivity index (χ0n) is 15.3. The highest BCUT2D eigenvalue weighted by molar-refractivity contribution is 5.89. The van der Waals surface area contributed by atoms with Crippen LogP contribution in [0.1, 0.15) is 24.4 Å². The average Bonchev–Trinajstić information content (AvgIpc) is 3.18. The van der Waals surface area contributed by atoms with Crippen LogP contribution in [0.3, 0.4) is 0 Å². The van der Waals surface area contributed by atoms with Crippen LogP contribution in [0.15, 0.2) is 42.5 Å². The lowest BCUT2D eigenvalue weighted by Gasteiger charge is -2.26. The fourth-order valence-electron chi connectivity index (χ4n) is 3.29. The molecule has 2 aromatic rings. The number of amides is 2. The Morgan fingerprint density at radius 2 is 1.73 bits per heavy atom. The van der Waals surface area contributed by atoms with Crippen LogP contribution >= 0.6 is 0 Å². The second-order valence-corrected chi connectivity index (χ2v) is 6.12. The Kier molecular flexibility index (Phi) is 5.51. The third kappa shape index (κ3) is 3.69. The second kappa shape index (κ2) is 7.99. The van der Waals surface area contributed by atoms with Gasteiger partial charge in [-0.25, -0.2) is 4.79 Å². The van der Waals surface area contributed by atoms with E-state index in [9.17, 15) is 4.79 Å². The van der Waals surface area contributed by atoms with Crippen molar-refractivity contribution in [3.05, 3.63) is 48.0 Å². The summed E-state index contributed by atoms with van der Waals surface area (Å²) in [4.78, 5) is 14.6. The molecule has 6 heteroatoms. The van der Waals surface area contributed by atoms with Gasteiger partial charge in [-0.2, -0.15) is 0 Å². The lowest BCUT2D eigenvalue weighted by molar-refractivity contribution is 0.207. The summed E-state index contributed by atoms with van der Waals surface area (Å²) >= 11 is 0. The lowest BCUT2D eigenvalue weighted by Crippen LogP contribution is -2.34. The molecule has 1 N–H and O–H groups in total. The molecule has 26 heavy (non-hydrogen) atoms. The van der Waals surface area contributed by atoms with Crippen LogP contribution in [-0.2, 0) is 0 Å². The van der Waals surface area contributed by atoms with Crippen molar-refractivity contribution >= 4 is 11.7 Å². The molecule has 1 aliphatic rings. The number of anilines is 1. The fraction of sp³-hybridized carbons (Fsp3) is 0.350. The molecule has 1 saturated heterocycles. The number of ether oxygens (including phenoxy) is 3. The first kappa shape index (κ1) is 17.9. The maximum absolute atomic E-state index is 12.8. The van der Waals surface area contributed by atoms with E-state index in [1.165, 1.54) is 0 Å². The molecule has 0 radical (unpaired) electrons. The van der Waals surface area contributed by atoms with Crippen molar-refractivity contribution < 1.29 is 19.0 Å². The van der Waals surface area contributed by atoms with Gasteiger partial charge in [0.05, 0.1) is 27.4 Å². The van der Waals surface area contributed by atoms with E-state index in [-0.39, 0.29) is 12.1 Å². The number of hydrogen-bond donors (Lipinski definition) is 1. The summed E-state index contributed by atoms with van der Waals surface area (Å²) in [6.07, 6.45) is 1.89. The van der Waals surface area contributed by atoms with Crippen molar-refractivity contribution in [3.63, 3.8) is 0 Å². The molecule has 0 saturated carbocycles. The van der Waals surface area contributed by atoms with Gasteiger partial charge in [0.25, 0.3) is 0 Å². The van der Waals surface area contributed by atoms with E-state index < -0.39 is 0 Å². The van der Waals surface area contributed by atoms with Crippen LogP contribution in [-0.4, -0.2) is 38.8 Å². The summed E-state index contributed by atoms with van der Waals surface area (Å²) < 4.78 is 15.8. The van der Waals surface area contributed by atoms with E-state index >= 15 is 0 Å². The zero-order valence-corrected chi connectivity index (χ0v) is 15.3. The quantitative estimate of drug-likeness (QED) is 0.877. The number of carbonyl (C=O) groups excluding carboxylic acids is 1. The predicted octanol–water partition coefficient (Wildman–Crippen LogP) is 4.08. The molecule has 1 atom stereocenters. The standard InChI is InChI=1S/C20H24N2O4/c1-24-16-9-7-15(8-10-16)21-20(23)22-12-4-5-17(22)14-6-11-18(25-2)19(13-14)26-3/h6-11,13,17H,4-5,12H2,1-3H3,(H,21,23). The van der Waals surface area contributed by atoms with Crippen molar-refractivity contribution in [2.45, 2.75) is 18.9 Å². The van der Waals surface area contributed by atoms with Gasteiger partial charge >= 0.3 is 6.03 Å². The summed E-state index contributed by atoms with van der Waals surface area (Å²) in [6, 6.07) is 13.0. The third-order valence-electron chi connectivity index (χ3n) is 4.65. The summed E-state index contributed by atoms with van der Waals surface area (Å²) in [6.45, 7) is 0.723. The van der Waals surface area contributed by atoms with Crippen LogP contribution in [0.2, 0.25) is 0 Å². The first-order valence-electron chi connectivity index (χ1n) is 8.60. The highest BCUT2D eigenvalue weighted by atomic mass is 16.5. The molecule has 2 amide bonds. The highest BCUT2D eigenvalue weighted by Gasteiger charge is 2.30. The monoisotopic (exact) mass is 356 g/mol. The van der Waals surface area contributed by atoms with Gasteiger partial charge in [-0.3, -0.25) is 0 Å². The molecule has 1 heterocycles. The molecule has 0 aromatic heterocycles. The predicted molar refractivity (Wildman–Crippen MR) is 100 cm³/mol. The fourth-order valence-corrected chi connectivity index (χ4v) is 3.29. The number of carbonyl (C=O) groups is 1. The van der Waals surface area contributed by atoms with Crippen LogP contribution < -0.4 is 19.5 Å². The van der Waals surface area contributed by atoms with E-state index in [1.807, 2.05) is 47.4 Å². The Labute approximate surface area is 153 Å². The van der Waals surface area contributed by atoms with Gasteiger partial charge in [-0.15, -0.1) is 0 Å². The minimum absolute atomic E-state index is 0.0213. The Balaban J connectivity index is 1.75. The van der Waals surface area contributed by atoms with E-state index in [2.05, 4.69) is 5.32 Å². The lowest BCUT2D eigenvalue weighted by atomic mass is 10.0. The number of hydrogen-bond acceptors (Lipinski definition) is 4. The zero-order chi connectivity index (χ0) is 18.5. The maximum Gasteiger partial charge on any atom is 0.322 e. The molecule has 0 spiro atoms. The van der Waals surface area contributed by atoms with Crippen LogP contribution in [0.4, 0.5) is 10.5 Å². The molecule has 0 bridgehead atoms. The van der Waals surface area contributed by atoms with E-state index in [4.69, 9.17) is 14.2 Å². The van der Waals surface area contributed by atoms with Crippen molar-refractivity contribution in [1.82, 2.24) is 4.90 Å². The Hall–Kier alpha value is -2.89. The van der Waals surface area contributed by atoms with E-state index in [0.717, 1.165) is 36.4 Å². The van der Waals surface area contributed by atoms with Crippen molar-refractivity contribution in [3.8, 4) is 17.2 Å². The number of likely N-dealkylation sites (tertiary alicyclic amines) is 1. The number of nitrogens with one attached hydrogen (secondary N) is 1. The first-order valence-corrected chi connectivity index (χ1v) is 8.60. The molecule has 1 fully saturated rings. The van der Waals surface area contributed by atoms with Gasteiger partial charge in [0.1, 0.15) is 5.75 Å². The topological polar surface area (TPSA) is 60.0 Å². The molecule has 1 unspecified atom stereocenters. The normalized spacial score (nSPS) is 16.3. The number of rotatable bonds is 5. The summed E-state index contributed by atoms with van der Waals surface area (Å²) in [5, 5.41) is 2.96. The van der Waals surface area contributed by atoms with Gasteiger partial charge in [0.2, 0.25) is 0 Å². The van der Waals surface area contributed by atoms with E-state index in [1.54, 1.807) is 21.3 Å². The minimum Gasteiger partial charge on any atom is -0.497 e. The van der Waals surface area contributed by atoms with Gasteiger partial charge in [-0.05, 0) is 54.8 Å². The summed E-state index contributed by atoms with van der Waals surface area (Å²) in [5.41, 5.74) is 1.79. The Morgan fingerprint density at radius 1 is 1.00 bits per heavy atom. The summed E-state index contributed by atoms with van der Waals surface area (Å²) in [5.74, 6) is 2.11. The minimum atomic E-state index is -0.104. The molecule has 138 valence electrons. The molecular weight excluding hydrogens is 332 g/mol.